The summed E-state index contributed by atoms with van der Waals surface area (Å²) in [7, 11) is 0. The van der Waals surface area contributed by atoms with E-state index in [0.717, 1.165) is 49.1 Å². The molecule has 1 N–H and O–H groups in total. The summed E-state index contributed by atoms with van der Waals surface area (Å²) < 4.78 is 10.4. The van der Waals surface area contributed by atoms with Gasteiger partial charge in [0.05, 0.1) is 12.1 Å². The lowest BCUT2D eigenvalue weighted by molar-refractivity contribution is 0.0524. The van der Waals surface area contributed by atoms with Gasteiger partial charge < -0.3 is 14.5 Å². The molecule has 1 aromatic carbocycles. The number of fused-ring (bicyclic) bond motifs is 1. The fraction of sp³-hybridized carbons (Fsp3) is 0.474. The van der Waals surface area contributed by atoms with Crippen molar-refractivity contribution in [2.24, 2.45) is 5.92 Å². The molecule has 3 rings (SSSR count). The molecule has 0 aliphatic carbocycles. The summed E-state index contributed by atoms with van der Waals surface area (Å²) in [5.74, 6) is 0.0102. The molecule has 1 aromatic heterocycles. The van der Waals surface area contributed by atoms with E-state index < -0.39 is 5.97 Å². The first kappa shape index (κ1) is 16.7. The molecule has 0 unspecified atom stereocenters. The van der Waals surface area contributed by atoms with Crippen LogP contribution in [0, 0.1) is 12.8 Å². The van der Waals surface area contributed by atoms with Crippen LogP contribution in [0.2, 0.25) is 0 Å². The number of aryl methyl sites for hydroxylation is 1. The normalized spacial score (nSPS) is 15.6. The number of hydrogen-bond donors (Lipinski definition) is 1. The first-order valence-electron chi connectivity index (χ1n) is 8.50. The van der Waals surface area contributed by atoms with Crippen molar-refractivity contribution >= 4 is 16.9 Å². The molecule has 0 bridgehead atoms. The summed E-state index contributed by atoms with van der Waals surface area (Å²) in [6.07, 6.45) is 4.49. The molecule has 0 atom stereocenters. The lowest BCUT2D eigenvalue weighted by atomic mass is 9.91. The van der Waals surface area contributed by atoms with Gasteiger partial charge in [0, 0.05) is 24.8 Å². The largest absolute Gasteiger partial charge is 0.462 e. The second kappa shape index (κ2) is 7.18. The molecule has 5 heteroatoms. The number of aromatic amines is 1. The molecule has 1 aliphatic rings. The Labute approximate surface area is 141 Å². The molecular formula is C19H23NO4. The monoisotopic (exact) mass is 329 g/mol. The topological polar surface area (TPSA) is 68.4 Å². The Balaban J connectivity index is 1.99. The number of esters is 1. The zero-order valence-corrected chi connectivity index (χ0v) is 14.2. The van der Waals surface area contributed by atoms with E-state index in [1.807, 2.05) is 13.0 Å². The predicted octanol–water partition coefficient (Wildman–Crippen LogP) is 2.98. The van der Waals surface area contributed by atoms with Crippen LogP contribution in [0.3, 0.4) is 0 Å². The van der Waals surface area contributed by atoms with E-state index in [2.05, 4.69) is 11.1 Å². The van der Waals surface area contributed by atoms with Gasteiger partial charge in [0.15, 0.2) is 0 Å². The second-order valence-corrected chi connectivity index (χ2v) is 6.35. The number of carbonyl (C=O) groups excluding carboxylic acids is 1. The molecule has 128 valence electrons. The smallest absolute Gasteiger partial charge is 0.343 e. The van der Waals surface area contributed by atoms with Gasteiger partial charge in [0.2, 0.25) is 5.43 Å². The van der Waals surface area contributed by atoms with Crippen molar-refractivity contribution in [1.29, 1.82) is 0 Å². The SMILES string of the molecule is CCOC(=O)c1c[nH]c2c(C)cc(CC3CCOCC3)cc2c1=O. The fourth-order valence-corrected chi connectivity index (χ4v) is 3.35. The van der Waals surface area contributed by atoms with Crippen LogP contribution in [0.15, 0.2) is 23.1 Å². The van der Waals surface area contributed by atoms with E-state index in [-0.39, 0.29) is 17.6 Å². The van der Waals surface area contributed by atoms with E-state index in [0.29, 0.717) is 11.3 Å². The van der Waals surface area contributed by atoms with Crippen molar-refractivity contribution in [1.82, 2.24) is 4.98 Å². The number of nitrogens with one attached hydrogen (secondary N) is 1. The average Bonchev–Trinajstić information content (AvgIpc) is 2.57. The van der Waals surface area contributed by atoms with Crippen molar-refractivity contribution in [2.75, 3.05) is 19.8 Å². The highest BCUT2D eigenvalue weighted by atomic mass is 16.5. The minimum atomic E-state index is -0.576. The van der Waals surface area contributed by atoms with Crippen LogP contribution in [-0.2, 0) is 15.9 Å². The number of hydrogen-bond acceptors (Lipinski definition) is 4. The third-order valence-electron chi connectivity index (χ3n) is 4.61. The number of ether oxygens (including phenoxy) is 2. The lowest BCUT2D eigenvalue weighted by Gasteiger charge is -2.22. The molecule has 0 saturated carbocycles. The Kier molecular flexibility index (Phi) is 5.00. The molecule has 24 heavy (non-hydrogen) atoms. The van der Waals surface area contributed by atoms with Crippen molar-refractivity contribution in [3.05, 3.63) is 45.2 Å². The summed E-state index contributed by atoms with van der Waals surface area (Å²) in [4.78, 5) is 27.7. The highest BCUT2D eigenvalue weighted by Crippen LogP contribution is 2.23. The maximum atomic E-state index is 12.7. The zero-order chi connectivity index (χ0) is 17.1. The maximum absolute atomic E-state index is 12.7. The summed E-state index contributed by atoms with van der Waals surface area (Å²) >= 11 is 0. The lowest BCUT2D eigenvalue weighted by Crippen LogP contribution is -2.19. The molecule has 2 heterocycles. The molecule has 1 fully saturated rings. The van der Waals surface area contributed by atoms with E-state index in [1.165, 1.54) is 6.20 Å². The van der Waals surface area contributed by atoms with Gasteiger partial charge in [0.25, 0.3) is 0 Å². The maximum Gasteiger partial charge on any atom is 0.343 e. The predicted molar refractivity (Wildman–Crippen MR) is 92.5 cm³/mol. The van der Waals surface area contributed by atoms with Crippen LogP contribution in [0.25, 0.3) is 10.9 Å². The van der Waals surface area contributed by atoms with E-state index in [1.54, 1.807) is 6.92 Å². The van der Waals surface area contributed by atoms with Gasteiger partial charge in [-0.15, -0.1) is 0 Å². The highest BCUT2D eigenvalue weighted by Gasteiger charge is 2.18. The summed E-state index contributed by atoms with van der Waals surface area (Å²) in [5.41, 5.74) is 2.73. The third kappa shape index (κ3) is 3.36. The third-order valence-corrected chi connectivity index (χ3v) is 4.61. The quantitative estimate of drug-likeness (QED) is 0.876. The Morgan fingerprint density at radius 3 is 2.79 bits per heavy atom. The minimum absolute atomic E-state index is 0.0620. The van der Waals surface area contributed by atoms with Gasteiger partial charge in [-0.3, -0.25) is 4.79 Å². The van der Waals surface area contributed by atoms with Crippen LogP contribution >= 0.6 is 0 Å². The molecule has 0 amide bonds. The molecule has 5 nitrogen and oxygen atoms in total. The fourth-order valence-electron chi connectivity index (χ4n) is 3.35. The van der Waals surface area contributed by atoms with Gasteiger partial charge in [0.1, 0.15) is 5.56 Å². The van der Waals surface area contributed by atoms with Gasteiger partial charge in [-0.05, 0) is 56.2 Å². The zero-order valence-electron chi connectivity index (χ0n) is 14.2. The second-order valence-electron chi connectivity index (χ2n) is 6.35. The van der Waals surface area contributed by atoms with Crippen LogP contribution in [0.4, 0.5) is 0 Å². The number of pyridine rings is 1. The van der Waals surface area contributed by atoms with Gasteiger partial charge in [-0.25, -0.2) is 4.79 Å². The number of carbonyl (C=O) groups is 1. The molecule has 0 radical (unpaired) electrons. The van der Waals surface area contributed by atoms with Gasteiger partial charge >= 0.3 is 5.97 Å². The van der Waals surface area contributed by atoms with E-state index in [9.17, 15) is 9.59 Å². The number of rotatable bonds is 4. The number of benzene rings is 1. The Morgan fingerprint density at radius 2 is 2.08 bits per heavy atom. The molecule has 1 saturated heterocycles. The summed E-state index contributed by atoms with van der Waals surface area (Å²) in [6, 6.07) is 4.04. The number of H-pyrrole nitrogens is 1. The summed E-state index contributed by atoms with van der Waals surface area (Å²) in [6.45, 7) is 5.58. The van der Waals surface area contributed by atoms with Crippen molar-refractivity contribution in [3.63, 3.8) is 0 Å². The molecule has 2 aromatic rings. The first-order valence-corrected chi connectivity index (χ1v) is 8.50. The molecule has 0 spiro atoms. The van der Waals surface area contributed by atoms with Crippen LogP contribution in [0.1, 0.15) is 41.3 Å². The average molecular weight is 329 g/mol. The van der Waals surface area contributed by atoms with E-state index in [4.69, 9.17) is 9.47 Å². The Morgan fingerprint density at radius 1 is 1.33 bits per heavy atom. The van der Waals surface area contributed by atoms with Crippen molar-refractivity contribution < 1.29 is 14.3 Å². The number of aromatic nitrogens is 1. The van der Waals surface area contributed by atoms with Crippen LogP contribution in [-0.4, -0.2) is 30.8 Å². The van der Waals surface area contributed by atoms with Crippen molar-refractivity contribution in [2.45, 2.75) is 33.1 Å². The minimum Gasteiger partial charge on any atom is -0.462 e. The molecule has 1 aliphatic heterocycles. The van der Waals surface area contributed by atoms with Crippen molar-refractivity contribution in [3.8, 4) is 0 Å². The standard InChI is InChI=1S/C19H23NO4/c1-3-24-19(22)16-11-20-17-12(2)8-14(10-15(17)18(16)21)9-13-4-6-23-7-5-13/h8,10-11,13H,3-7,9H2,1-2H3,(H,20,21). The van der Waals surface area contributed by atoms with Crippen LogP contribution in [0.5, 0.6) is 0 Å². The first-order chi connectivity index (χ1) is 11.6. The Hall–Kier alpha value is -2.14. The summed E-state index contributed by atoms with van der Waals surface area (Å²) in [5, 5.41) is 0.558. The Bertz CT molecular complexity index is 803. The highest BCUT2D eigenvalue weighted by molar-refractivity contribution is 5.94. The van der Waals surface area contributed by atoms with E-state index >= 15 is 0 Å². The molecular weight excluding hydrogens is 306 g/mol. The van der Waals surface area contributed by atoms with Crippen LogP contribution < -0.4 is 5.43 Å². The van der Waals surface area contributed by atoms with Gasteiger partial charge in [-0.1, -0.05) is 6.07 Å². The van der Waals surface area contributed by atoms with Gasteiger partial charge in [-0.2, -0.15) is 0 Å².